The predicted molar refractivity (Wildman–Crippen MR) is 68.7 cm³/mol. The van der Waals surface area contributed by atoms with Gasteiger partial charge in [-0.05, 0) is 32.9 Å². The minimum absolute atomic E-state index is 0.00686. The Hall–Kier alpha value is -0.610. The molecule has 0 unspecified atom stereocenters. The second kappa shape index (κ2) is 5.83. The lowest BCUT2D eigenvalue weighted by molar-refractivity contribution is -0.133. The van der Waals surface area contributed by atoms with E-state index in [1.54, 1.807) is 0 Å². The second-order valence-electron chi connectivity index (χ2n) is 5.64. The molecule has 0 aromatic rings. The zero-order valence-electron chi connectivity index (χ0n) is 11.5. The molecule has 0 saturated heterocycles. The molecule has 0 bridgehead atoms. The Morgan fingerprint density at radius 3 is 2.24 bits per heavy atom. The van der Waals surface area contributed by atoms with Gasteiger partial charge in [-0.15, -0.1) is 0 Å². The van der Waals surface area contributed by atoms with Crippen molar-refractivity contribution < 1.29 is 9.90 Å². The van der Waals surface area contributed by atoms with E-state index in [1.807, 2.05) is 32.8 Å². The fourth-order valence-electron chi connectivity index (χ4n) is 2.56. The first kappa shape index (κ1) is 14.5. The average Bonchev–Trinajstić information content (AvgIpc) is 2.75. The van der Waals surface area contributed by atoms with E-state index in [4.69, 9.17) is 0 Å². The standard InChI is InChI=1S/C13H26N2O2/c1-10(2)11(9-16)14-12(17)13(15(3)4)7-5-6-8-13/h10-11,16H,5-9H2,1-4H3,(H,14,17)/t11-/m1/s1. The Morgan fingerprint density at radius 1 is 1.35 bits per heavy atom. The number of hydrogen-bond donors (Lipinski definition) is 2. The Kier molecular flexibility index (Phi) is 4.95. The third-order valence-corrected chi connectivity index (χ3v) is 4.03. The van der Waals surface area contributed by atoms with Crippen LogP contribution < -0.4 is 5.32 Å². The quantitative estimate of drug-likeness (QED) is 0.756. The summed E-state index contributed by atoms with van der Waals surface area (Å²) in [6.45, 7) is 4.03. The Balaban J connectivity index is 2.73. The van der Waals surface area contributed by atoms with Crippen LogP contribution in [0.5, 0.6) is 0 Å². The number of nitrogens with zero attached hydrogens (tertiary/aromatic N) is 1. The zero-order chi connectivity index (χ0) is 13.1. The maximum absolute atomic E-state index is 12.4. The molecule has 17 heavy (non-hydrogen) atoms. The van der Waals surface area contributed by atoms with E-state index in [9.17, 15) is 9.90 Å². The van der Waals surface area contributed by atoms with E-state index >= 15 is 0 Å². The van der Waals surface area contributed by atoms with Crippen molar-refractivity contribution in [3.63, 3.8) is 0 Å². The monoisotopic (exact) mass is 242 g/mol. The Bertz CT molecular complexity index is 258. The summed E-state index contributed by atoms with van der Waals surface area (Å²) < 4.78 is 0. The molecule has 0 aromatic carbocycles. The number of aliphatic hydroxyl groups is 1. The van der Waals surface area contributed by atoms with Crippen LogP contribution in [-0.4, -0.2) is 48.2 Å². The molecule has 1 atom stereocenters. The van der Waals surface area contributed by atoms with Gasteiger partial charge in [0.15, 0.2) is 0 Å². The van der Waals surface area contributed by atoms with Crippen LogP contribution in [0, 0.1) is 5.92 Å². The second-order valence-corrected chi connectivity index (χ2v) is 5.64. The van der Waals surface area contributed by atoms with Crippen LogP contribution in [-0.2, 0) is 4.79 Å². The van der Waals surface area contributed by atoms with Crippen LogP contribution in [0.1, 0.15) is 39.5 Å². The van der Waals surface area contributed by atoms with Gasteiger partial charge in [-0.3, -0.25) is 9.69 Å². The number of likely N-dealkylation sites (N-methyl/N-ethyl adjacent to an activating group) is 1. The number of hydrogen-bond acceptors (Lipinski definition) is 3. The van der Waals surface area contributed by atoms with Gasteiger partial charge in [0, 0.05) is 0 Å². The van der Waals surface area contributed by atoms with Crippen molar-refractivity contribution in [1.82, 2.24) is 10.2 Å². The lowest BCUT2D eigenvalue weighted by atomic mass is 9.93. The fraction of sp³-hybridized carbons (Fsp3) is 0.923. The lowest BCUT2D eigenvalue weighted by Gasteiger charge is -2.36. The van der Waals surface area contributed by atoms with Crippen molar-refractivity contribution in [3.8, 4) is 0 Å². The molecule has 0 spiro atoms. The SMILES string of the molecule is CC(C)[C@@H](CO)NC(=O)C1(N(C)C)CCCC1. The van der Waals surface area contributed by atoms with Gasteiger partial charge in [0.2, 0.25) is 5.91 Å². The first-order valence-electron chi connectivity index (χ1n) is 6.53. The summed E-state index contributed by atoms with van der Waals surface area (Å²) in [7, 11) is 3.93. The van der Waals surface area contributed by atoms with E-state index in [0.29, 0.717) is 0 Å². The topological polar surface area (TPSA) is 52.6 Å². The number of carbonyl (C=O) groups excluding carboxylic acids is 1. The molecule has 1 aliphatic rings. The van der Waals surface area contributed by atoms with Gasteiger partial charge >= 0.3 is 0 Å². The molecule has 100 valence electrons. The van der Waals surface area contributed by atoms with Crippen LogP contribution in [0.25, 0.3) is 0 Å². The highest BCUT2D eigenvalue weighted by molar-refractivity contribution is 5.86. The molecule has 0 aliphatic heterocycles. The first-order chi connectivity index (χ1) is 7.94. The van der Waals surface area contributed by atoms with Crippen molar-refractivity contribution in [1.29, 1.82) is 0 Å². The minimum atomic E-state index is -0.359. The Morgan fingerprint density at radius 2 is 1.88 bits per heavy atom. The molecule has 1 amide bonds. The van der Waals surface area contributed by atoms with Gasteiger partial charge in [0.1, 0.15) is 0 Å². The smallest absolute Gasteiger partial charge is 0.240 e. The molecule has 1 fully saturated rings. The van der Waals surface area contributed by atoms with Gasteiger partial charge in [0.05, 0.1) is 18.2 Å². The number of aliphatic hydroxyl groups excluding tert-OH is 1. The number of carbonyl (C=O) groups is 1. The molecule has 0 radical (unpaired) electrons. The maximum Gasteiger partial charge on any atom is 0.240 e. The summed E-state index contributed by atoms with van der Waals surface area (Å²) in [5, 5.41) is 12.3. The third-order valence-electron chi connectivity index (χ3n) is 4.03. The van der Waals surface area contributed by atoms with Crippen molar-refractivity contribution in [3.05, 3.63) is 0 Å². The normalized spacial score (nSPS) is 20.9. The molecule has 4 heteroatoms. The summed E-state index contributed by atoms with van der Waals surface area (Å²) in [6.07, 6.45) is 4.05. The highest BCUT2D eigenvalue weighted by Gasteiger charge is 2.43. The summed E-state index contributed by atoms with van der Waals surface area (Å²) in [6, 6.07) is -0.139. The third kappa shape index (κ3) is 2.99. The molecule has 1 aliphatic carbocycles. The van der Waals surface area contributed by atoms with Crippen molar-refractivity contribution >= 4 is 5.91 Å². The molecule has 1 rings (SSSR count). The fourth-order valence-corrected chi connectivity index (χ4v) is 2.56. The maximum atomic E-state index is 12.4. The first-order valence-corrected chi connectivity index (χ1v) is 6.53. The molecule has 4 nitrogen and oxygen atoms in total. The number of rotatable bonds is 5. The van der Waals surface area contributed by atoms with Crippen molar-refractivity contribution in [2.75, 3.05) is 20.7 Å². The summed E-state index contributed by atoms with van der Waals surface area (Å²) >= 11 is 0. The van der Waals surface area contributed by atoms with E-state index in [1.165, 1.54) is 0 Å². The van der Waals surface area contributed by atoms with Crippen molar-refractivity contribution in [2.24, 2.45) is 5.92 Å². The van der Waals surface area contributed by atoms with Crippen LogP contribution in [0.3, 0.4) is 0 Å². The molecular weight excluding hydrogens is 216 g/mol. The van der Waals surface area contributed by atoms with Gasteiger partial charge in [-0.1, -0.05) is 26.7 Å². The van der Waals surface area contributed by atoms with E-state index < -0.39 is 0 Å². The van der Waals surface area contributed by atoms with E-state index in [-0.39, 0.29) is 30.0 Å². The molecule has 0 heterocycles. The van der Waals surface area contributed by atoms with Crippen LogP contribution in [0.2, 0.25) is 0 Å². The van der Waals surface area contributed by atoms with Crippen LogP contribution >= 0.6 is 0 Å². The lowest BCUT2D eigenvalue weighted by Crippen LogP contribution is -2.57. The zero-order valence-corrected chi connectivity index (χ0v) is 11.5. The van der Waals surface area contributed by atoms with Gasteiger partial charge in [-0.25, -0.2) is 0 Å². The van der Waals surface area contributed by atoms with Gasteiger partial charge < -0.3 is 10.4 Å². The number of amides is 1. The number of nitrogens with one attached hydrogen (secondary N) is 1. The molecule has 1 saturated carbocycles. The average molecular weight is 242 g/mol. The predicted octanol–water partition coefficient (Wildman–Crippen LogP) is 0.994. The largest absolute Gasteiger partial charge is 0.394 e. The summed E-state index contributed by atoms with van der Waals surface area (Å²) in [4.78, 5) is 14.5. The van der Waals surface area contributed by atoms with E-state index in [0.717, 1.165) is 25.7 Å². The molecule has 0 aromatic heterocycles. The summed E-state index contributed by atoms with van der Waals surface area (Å²) in [5.41, 5.74) is -0.359. The van der Waals surface area contributed by atoms with Crippen LogP contribution in [0.15, 0.2) is 0 Å². The minimum Gasteiger partial charge on any atom is -0.394 e. The molecular formula is C13H26N2O2. The van der Waals surface area contributed by atoms with Crippen molar-refractivity contribution in [2.45, 2.75) is 51.1 Å². The summed E-state index contributed by atoms with van der Waals surface area (Å²) in [5.74, 6) is 0.331. The molecule has 2 N–H and O–H groups in total. The van der Waals surface area contributed by atoms with Gasteiger partial charge in [0.25, 0.3) is 0 Å². The highest BCUT2D eigenvalue weighted by atomic mass is 16.3. The van der Waals surface area contributed by atoms with Crippen LogP contribution in [0.4, 0.5) is 0 Å². The van der Waals surface area contributed by atoms with E-state index in [2.05, 4.69) is 5.32 Å². The highest BCUT2D eigenvalue weighted by Crippen LogP contribution is 2.34. The Labute approximate surface area is 104 Å². The van der Waals surface area contributed by atoms with Gasteiger partial charge in [-0.2, -0.15) is 0 Å².